The van der Waals surface area contributed by atoms with Gasteiger partial charge in [0.1, 0.15) is 11.4 Å². The zero-order valence-electron chi connectivity index (χ0n) is 10.7. The topological polar surface area (TPSA) is 72.6 Å². The summed E-state index contributed by atoms with van der Waals surface area (Å²) in [6.45, 7) is 3.81. The van der Waals surface area contributed by atoms with Gasteiger partial charge in [0.15, 0.2) is 0 Å². The van der Waals surface area contributed by atoms with Crippen molar-refractivity contribution in [2.75, 3.05) is 7.11 Å². The molecule has 1 heterocycles. The van der Waals surface area contributed by atoms with Gasteiger partial charge in [-0.1, -0.05) is 21.1 Å². The van der Waals surface area contributed by atoms with Gasteiger partial charge in [0.25, 0.3) is 0 Å². The largest absolute Gasteiger partial charge is 0.496 e. The van der Waals surface area contributed by atoms with E-state index in [4.69, 9.17) is 14.4 Å². The molecule has 6 heteroatoms. The maximum absolute atomic E-state index is 10.8. The Morgan fingerprint density at radius 3 is 2.63 bits per heavy atom. The fourth-order valence-electron chi connectivity index (χ4n) is 1.92. The van der Waals surface area contributed by atoms with Crippen LogP contribution in [-0.2, 0) is 0 Å². The van der Waals surface area contributed by atoms with Crippen molar-refractivity contribution in [3.05, 3.63) is 33.5 Å². The Morgan fingerprint density at radius 1 is 1.42 bits per heavy atom. The number of aromatic carboxylic acids is 1. The van der Waals surface area contributed by atoms with Gasteiger partial charge in [-0.05, 0) is 31.0 Å². The summed E-state index contributed by atoms with van der Waals surface area (Å²) in [5.41, 5.74) is 3.00. The van der Waals surface area contributed by atoms with Crippen LogP contribution in [-0.4, -0.2) is 23.3 Å². The van der Waals surface area contributed by atoms with E-state index in [0.29, 0.717) is 11.4 Å². The number of benzene rings is 1. The minimum Gasteiger partial charge on any atom is -0.496 e. The highest BCUT2D eigenvalue weighted by Gasteiger charge is 2.20. The lowest BCUT2D eigenvalue weighted by molar-refractivity contribution is 0.0652. The molecule has 0 saturated heterocycles. The minimum atomic E-state index is -1.15. The Morgan fingerprint density at radius 2 is 2.11 bits per heavy atom. The molecule has 0 atom stereocenters. The molecule has 0 fully saturated rings. The summed E-state index contributed by atoms with van der Waals surface area (Å²) in [6, 6.07) is 3.33. The minimum absolute atomic E-state index is 0.200. The van der Waals surface area contributed by atoms with E-state index < -0.39 is 5.97 Å². The summed E-state index contributed by atoms with van der Waals surface area (Å²) in [7, 11) is 1.57. The Labute approximate surface area is 118 Å². The van der Waals surface area contributed by atoms with Crippen molar-refractivity contribution in [1.29, 1.82) is 0 Å². The zero-order chi connectivity index (χ0) is 14.2. The van der Waals surface area contributed by atoms with E-state index in [9.17, 15) is 4.79 Å². The first kappa shape index (κ1) is 13.6. The fourth-order valence-corrected chi connectivity index (χ4v) is 2.46. The SMILES string of the molecule is COc1c(C)cc(Br)c(C)c1-c1cc(C(=O)O)on1. The average molecular weight is 326 g/mol. The van der Waals surface area contributed by atoms with Crippen molar-refractivity contribution in [2.24, 2.45) is 0 Å². The molecular weight excluding hydrogens is 314 g/mol. The highest BCUT2D eigenvalue weighted by Crippen LogP contribution is 2.39. The van der Waals surface area contributed by atoms with Gasteiger partial charge in [-0.25, -0.2) is 4.79 Å². The predicted octanol–water partition coefficient (Wildman–Crippen LogP) is 3.43. The van der Waals surface area contributed by atoms with E-state index in [-0.39, 0.29) is 5.76 Å². The van der Waals surface area contributed by atoms with Gasteiger partial charge in [-0.2, -0.15) is 0 Å². The fraction of sp³-hybridized carbons (Fsp3) is 0.231. The molecule has 2 rings (SSSR count). The smallest absolute Gasteiger partial charge is 0.374 e. The molecule has 0 radical (unpaired) electrons. The lowest BCUT2D eigenvalue weighted by atomic mass is 10.0. The van der Waals surface area contributed by atoms with Crippen LogP contribution in [0.15, 0.2) is 21.1 Å². The molecule has 0 unspecified atom stereocenters. The van der Waals surface area contributed by atoms with E-state index in [1.807, 2.05) is 19.9 Å². The third-order valence-electron chi connectivity index (χ3n) is 2.84. The van der Waals surface area contributed by atoms with Crippen molar-refractivity contribution < 1.29 is 19.2 Å². The molecule has 0 aliphatic rings. The van der Waals surface area contributed by atoms with E-state index in [0.717, 1.165) is 21.2 Å². The van der Waals surface area contributed by atoms with Gasteiger partial charge in [0.2, 0.25) is 5.76 Å². The van der Waals surface area contributed by atoms with Gasteiger partial charge in [-0.15, -0.1) is 0 Å². The van der Waals surface area contributed by atoms with Crippen molar-refractivity contribution in [3.8, 4) is 17.0 Å². The Hall–Kier alpha value is -1.82. The predicted molar refractivity (Wildman–Crippen MR) is 72.6 cm³/mol. The number of carboxylic acid groups (broad SMARTS) is 1. The summed E-state index contributed by atoms with van der Waals surface area (Å²) >= 11 is 3.46. The Kier molecular flexibility index (Phi) is 3.61. The van der Waals surface area contributed by atoms with Crippen LogP contribution in [0.2, 0.25) is 0 Å². The van der Waals surface area contributed by atoms with Crippen LogP contribution in [0, 0.1) is 13.8 Å². The second kappa shape index (κ2) is 5.05. The molecule has 0 aliphatic heterocycles. The Bertz CT molecular complexity index is 648. The van der Waals surface area contributed by atoms with Crippen LogP contribution in [0.4, 0.5) is 0 Å². The van der Waals surface area contributed by atoms with Crippen LogP contribution in [0.5, 0.6) is 5.75 Å². The quantitative estimate of drug-likeness (QED) is 0.935. The third-order valence-corrected chi connectivity index (χ3v) is 3.67. The third kappa shape index (κ3) is 2.35. The lowest BCUT2D eigenvalue weighted by Gasteiger charge is -2.13. The molecule has 100 valence electrons. The molecule has 0 spiro atoms. The monoisotopic (exact) mass is 325 g/mol. The number of aryl methyl sites for hydroxylation is 1. The second-order valence-electron chi connectivity index (χ2n) is 4.09. The molecule has 0 amide bonds. The number of carboxylic acids is 1. The number of methoxy groups -OCH3 is 1. The number of ether oxygens (including phenoxy) is 1. The molecule has 0 aliphatic carbocycles. The number of aromatic nitrogens is 1. The van der Waals surface area contributed by atoms with Crippen LogP contribution in [0.1, 0.15) is 21.7 Å². The lowest BCUT2D eigenvalue weighted by Crippen LogP contribution is -1.96. The summed E-state index contributed by atoms with van der Waals surface area (Å²) < 4.78 is 11.1. The first-order valence-corrected chi connectivity index (χ1v) is 6.29. The summed E-state index contributed by atoms with van der Waals surface area (Å²) in [5, 5.41) is 12.7. The Balaban J connectivity index is 2.69. The molecule has 19 heavy (non-hydrogen) atoms. The summed E-state index contributed by atoms with van der Waals surface area (Å²) in [5.74, 6) is -0.692. The van der Waals surface area contributed by atoms with E-state index in [1.165, 1.54) is 6.07 Å². The van der Waals surface area contributed by atoms with Crippen LogP contribution < -0.4 is 4.74 Å². The van der Waals surface area contributed by atoms with Crippen molar-refractivity contribution in [1.82, 2.24) is 5.16 Å². The molecule has 0 bridgehead atoms. The molecule has 5 nitrogen and oxygen atoms in total. The molecular formula is C13H12BrNO4. The van der Waals surface area contributed by atoms with Crippen LogP contribution in [0.3, 0.4) is 0 Å². The second-order valence-corrected chi connectivity index (χ2v) is 4.94. The van der Waals surface area contributed by atoms with E-state index in [1.54, 1.807) is 7.11 Å². The maximum atomic E-state index is 10.8. The molecule has 2 aromatic rings. The molecule has 0 saturated carbocycles. The van der Waals surface area contributed by atoms with Gasteiger partial charge >= 0.3 is 5.97 Å². The summed E-state index contributed by atoms with van der Waals surface area (Å²) in [4.78, 5) is 10.8. The summed E-state index contributed by atoms with van der Waals surface area (Å²) in [6.07, 6.45) is 0. The molecule has 1 aromatic heterocycles. The maximum Gasteiger partial charge on any atom is 0.374 e. The van der Waals surface area contributed by atoms with Crippen LogP contribution in [0.25, 0.3) is 11.3 Å². The number of nitrogens with zero attached hydrogens (tertiary/aromatic N) is 1. The standard InChI is InChI=1S/C13H12BrNO4/c1-6-4-8(14)7(2)11(12(6)18-3)9-5-10(13(16)17)19-15-9/h4-5H,1-3H3,(H,16,17). The van der Waals surface area contributed by atoms with Crippen LogP contribution >= 0.6 is 15.9 Å². The van der Waals surface area contributed by atoms with E-state index >= 15 is 0 Å². The molecule has 1 N–H and O–H groups in total. The van der Waals surface area contributed by atoms with Crippen molar-refractivity contribution in [3.63, 3.8) is 0 Å². The number of hydrogen-bond acceptors (Lipinski definition) is 4. The first-order chi connectivity index (χ1) is 8.95. The van der Waals surface area contributed by atoms with Gasteiger partial charge in [-0.3, -0.25) is 0 Å². The van der Waals surface area contributed by atoms with Gasteiger partial charge in [0.05, 0.1) is 12.7 Å². The zero-order valence-corrected chi connectivity index (χ0v) is 12.2. The average Bonchev–Trinajstić information content (AvgIpc) is 2.82. The number of hydrogen-bond donors (Lipinski definition) is 1. The number of halogens is 1. The van der Waals surface area contributed by atoms with Gasteiger partial charge in [0, 0.05) is 10.5 Å². The molecule has 1 aromatic carbocycles. The van der Waals surface area contributed by atoms with Crippen molar-refractivity contribution >= 4 is 21.9 Å². The van der Waals surface area contributed by atoms with Crippen molar-refractivity contribution in [2.45, 2.75) is 13.8 Å². The van der Waals surface area contributed by atoms with E-state index in [2.05, 4.69) is 21.1 Å². The normalized spacial score (nSPS) is 10.5. The van der Waals surface area contributed by atoms with Gasteiger partial charge < -0.3 is 14.4 Å². The number of carbonyl (C=O) groups is 1. The highest BCUT2D eigenvalue weighted by atomic mass is 79.9. The highest BCUT2D eigenvalue weighted by molar-refractivity contribution is 9.10. The first-order valence-electron chi connectivity index (χ1n) is 5.49. The number of rotatable bonds is 3.